The monoisotopic (exact) mass is 216 g/mol. The Morgan fingerprint density at radius 3 is 2.50 bits per heavy atom. The van der Waals surface area contributed by atoms with Crippen LogP contribution in [0.25, 0.3) is 5.57 Å². The van der Waals surface area contributed by atoms with Gasteiger partial charge in [0.15, 0.2) is 0 Å². The lowest BCUT2D eigenvalue weighted by Crippen LogP contribution is -1.95. The molecule has 4 heteroatoms. The first kappa shape index (κ1) is 9.46. The highest BCUT2D eigenvalue weighted by molar-refractivity contribution is 6.40. The number of methoxy groups -OCH3 is 1. The quantitative estimate of drug-likeness (QED) is 0.737. The third-order valence-electron chi connectivity index (χ3n) is 2.11. The fraction of sp³-hybridized carbons (Fsp3) is 0.200. The second-order valence-corrected chi connectivity index (χ2v) is 3.37. The van der Waals surface area contributed by atoms with Crippen molar-refractivity contribution in [3.8, 4) is 5.75 Å². The largest absolute Gasteiger partial charge is 0.497 e. The Morgan fingerprint density at radius 1 is 1.36 bits per heavy atom. The number of halogens is 3. The summed E-state index contributed by atoms with van der Waals surface area (Å²) in [6.45, 7) is 0. The second kappa shape index (κ2) is 2.95. The van der Waals surface area contributed by atoms with Crippen molar-refractivity contribution >= 4 is 17.2 Å². The predicted molar refractivity (Wildman–Crippen MR) is 50.7 cm³/mol. The standard InChI is InChI=1S/C10H7ClF2O/c1-14-7-4-2-3-6(5-7)8-9(11)10(8,12)13/h2-5H,1H3. The molecule has 0 bridgehead atoms. The Labute approximate surface area is 84.9 Å². The summed E-state index contributed by atoms with van der Waals surface area (Å²) < 4.78 is 30.7. The molecule has 0 unspecified atom stereocenters. The molecule has 0 saturated heterocycles. The van der Waals surface area contributed by atoms with Gasteiger partial charge in [-0.25, -0.2) is 0 Å². The lowest BCUT2D eigenvalue weighted by Gasteiger charge is -2.01. The number of alkyl halides is 2. The normalized spacial score (nSPS) is 18.3. The van der Waals surface area contributed by atoms with E-state index in [4.69, 9.17) is 16.3 Å². The van der Waals surface area contributed by atoms with Gasteiger partial charge in [-0.1, -0.05) is 23.7 Å². The highest BCUT2D eigenvalue weighted by Gasteiger charge is 2.56. The van der Waals surface area contributed by atoms with Crippen LogP contribution in [0.15, 0.2) is 29.3 Å². The van der Waals surface area contributed by atoms with Crippen molar-refractivity contribution in [3.63, 3.8) is 0 Å². The van der Waals surface area contributed by atoms with Gasteiger partial charge >= 0.3 is 5.92 Å². The van der Waals surface area contributed by atoms with E-state index < -0.39 is 5.92 Å². The molecule has 14 heavy (non-hydrogen) atoms. The molecule has 0 aromatic heterocycles. The zero-order valence-corrected chi connectivity index (χ0v) is 8.11. The van der Waals surface area contributed by atoms with Gasteiger partial charge in [0.25, 0.3) is 0 Å². The molecule has 0 fully saturated rings. The number of benzene rings is 1. The van der Waals surface area contributed by atoms with Crippen LogP contribution >= 0.6 is 11.6 Å². The molecule has 2 rings (SSSR count). The molecule has 1 aliphatic carbocycles. The van der Waals surface area contributed by atoms with Gasteiger partial charge in [0.2, 0.25) is 0 Å². The molecule has 0 heterocycles. The minimum absolute atomic E-state index is 0.0990. The Bertz CT molecular complexity index is 412. The van der Waals surface area contributed by atoms with Crippen molar-refractivity contribution in [2.24, 2.45) is 0 Å². The first-order valence-corrected chi connectivity index (χ1v) is 4.38. The molecule has 0 N–H and O–H groups in total. The van der Waals surface area contributed by atoms with E-state index in [2.05, 4.69) is 0 Å². The molecular weight excluding hydrogens is 210 g/mol. The highest BCUT2D eigenvalue weighted by Crippen LogP contribution is 2.57. The van der Waals surface area contributed by atoms with E-state index in [0.29, 0.717) is 11.3 Å². The maximum Gasteiger partial charge on any atom is 0.311 e. The van der Waals surface area contributed by atoms with Gasteiger partial charge in [-0.15, -0.1) is 0 Å². The summed E-state index contributed by atoms with van der Waals surface area (Å²) in [6.07, 6.45) is 0. The zero-order valence-electron chi connectivity index (χ0n) is 7.35. The van der Waals surface area contributed by atoms with Gasteiger partial charge in [0.05, 0.1) is 12.7 Å². The fourth-order valence-corrected chi connectivity index (χ4v) is 1.57. The summed E-state index contributed by atoms with van der Waals surface area (Å²) in [5.41, 5.74) is 0.317. The van der Waals surface area contributed by atoms with Gasteiger partial charge in [0, 0.05) is 0 Å². The molecule has 0 spiro atoms. The van der Waals surface area contributed by atoms with Crippen LogP contribution in [-0.2, 0) is 0 Å². The van der Waals surface area contributed by atoms with E-state index in [1.165, 1.54) is 7.11 Å². The summed E-state index contributed by atoms with van der Waals surface area (Å²) in [7, 11) is 1.49. The van der Waals surface area contributed by atoms with Gasteiger partial charge in [-0.3, -0.25) is 0 Å². The zero-order chi connectivity index (χ0) is 10.3. The molecular formula is C10H7ClF2O. The molecule has 1 aromatic carbocycles. The Balaban J connectivity index is 2.36. The van der Waals surface area contributed by atoms with Crippen LogP contribution < -0.4 is 4.74 Å². The van der Waals surface area contributed by atoms with Crippen molar-refractivity contribution in [1.29, 1.82) is 0 Å². The number of rotatable bonds is 2. The molecule has 0 aliphatic heterocycles. The van der Waals surface area contributed by atoms with Crippen molar-refractivity contribution in [1.82, 2.24) is 0 Å². The van der Waals surface area contributed by atoms with Crippen LogP contribution in [0.2, 0.25) is 0 Å². The van der Waals surface area contributed by atoms with Gasteiger partial charge in [-0.05, 0) is 17.7 Å². The number of hydrogen-bond donors (Lipinski definition) is 0. The third-order valence-corrected chi connectivity index (χ3v) is 2.53. The summed E-state index contributed by atoms with van der Waals surface area (Å²) in [5, 5.41) is -0.370. The average molecular weight is 217 g/mol. The van der Waals surface area contributed by atoms with Crippen molar-refractivity contribution in [2.45, 2.75) is 5.92 Å². The van der Waals surface area contributed by atoms with Crippen molar-refractivity contribution in [3.05, 3.63) is 34.9 Å². The Hall–Kier alpha value is -1.09. The van der Waals surface area contributed by atoms with Crippen LogP contribution in [0.1, 0.15) is 5.56 Å². The first-order valence-electron chi connectivity index (χ1n) is 4.00. The minimum atomic E-state index is -2.94. The Morgan fingerprint density at radius 2 is 2.00 bits per heavy atom. The van der Waals surface area contributed by atoms with E-state index in [9.17, 15) is 8.78 Å². The predicted octanol–water partition coefficient (Wildman–Crippen LogP) is 3.29. The van der Waals surface area contributed by atoms with E-state index in [-0.39, 0.29) is 10.6 Å². The van der Waals surface area contributed by atoms with Gasteiger partial charge in [-0.2, -0.15) is 8.78 Å². The topological polar surface area (TPSA) is 9.23 Å². The summed E-state index contributed by atoms with van der Waals surface area (Å²) in [6, 6.07) is 6.47. The van der Waals surface area contributed by atoms with Crippen molar-refractivity contribution < 1.29 is 13.5 Å². The van der Waals surface area contributed by atoms with Crippen molar-refractivity contribution in [2.75, 3.05) is 7.11 Å². The first-order chi connectivity index (χ1) is 6.57. The molecule has 1 aliphatic rings. The summed E-state index contributed by atoms with van der Waals surface area (Å²) >= 11 is 5.36. The van der Waals surface area contributed by atoms with Gasteiger partial charge < -0.3 is 4.74 Å². The molecule has 0 atom stereocenters. The SMILES string of the molecule is COc1cccc(C2=C(Cl)C2(F)F)c1. The van der Waals surface area contributed by atoms with Crippen LogP contribution in [-0.4, -0.2) is 13.0 Å². The maximum atomic E-state index is 12.9. The van der Waals surface area contributed by atoms with Gasteiger partial charge in [0.1, 0.15) is 10.8 Å². The van der Waals surface area contributed by atoms with E-state index in [1.807, 2.05) is 0 Å². The Kier molecular flexibility index (Phi) is 2.00. The average Bonchev–Trinajstić information content (AvgIpc) is 2.66. The minimum Gasteiger partial charge on any atom is -0.497 e. The third kappa shape index (κ3) is 1.28. The van der Waals surface area contributed by atoms with Crippen LogP contribution in [0.5, 0.6) is 5.75 Å². The molecule has 1 aromatic rings. The van der Waals surface area contributed by atoms with Crippen LogP contribution in [0.4, 0.5) is 8.78 Å². The van der Waals surface area contributed by atoms with E-state index in [1.54, 1.807) is 24.3 Å². The highest BCUT2D eigenvalue weighted by atomic mass is 35.5. The van der Waals surface area contributed by atoms with E-state index >= 15 is 0 Å². The molecule has 1 nitrogen and oxygen atoms in total. The maximum absolute atomic E-state index is 12.9. The molecule has 0 amide bonds. The number of hydrogen-bond acceptors (Lipinski definition) is 1. The van der Waals surface area contributed by atoms with Crippen LogP contribution in [0.3, 0.4) is 0 Å². The molecule has 0 radical (unpaired) electrons. The fourth-order valence-electron chi connectivity index (χ4n) is 1.30. The lowest BCUT2D eigenvalue weighted by atomic mass is 10.1. The number of ether oxygens (including phenoxy) is 1. The lowest BCUT2D eigenvalue weighted by molar-refractivity contribution is 0.155. The number of allylic oxidation sites excluding steroid dienone is 2. The second-order valence-electron chi connectivity index (χ2n) is 3.00. The summed E-state index contributed by atoms with van der Waals surface area (Å²) in [4.78, 5) is 0. The smallest absolute Gasteiger partial charge is 0.311 e. The van der Waals surface area contributed by atoms with E-state index in [0.717, 1.165) is 0 Å². The summed E-state index contributed by atoms with van der Waals surface area (Å²) in [5.74, 6) is -2.39. The molecule has 74 valence electrons. The van der Waals surface area contributed by atoms with Crippen LogP contribution in [0, 0.1) is 0 Å². The molecule has 0 saturated carbocycles.